The molecule has 1 aliphatic carbocycles. The zero-order valence-electron chi connectivity index (χ0n) is 11.7. The van der Waals surface area contributed by atoms with Gasteiger partial charge in [0.05, 0.1) is 5.56 Å². The molecule has 1 aromatic heterocycles. The lowest BCUT2D eigenvalue weighted by molar-refractivity contribution is 0.0927. The molecule has 0 bridgehead atoms. The number of hydrogen-bond donors (Lipinski definition) is 2. The molecule has 0 aliphatic heterocycles. The molecular formula is C16H20N2OS. The SMILES string of the molecule is CNC1CCC(NC(=O)c2csc3ccccc23)CC1. The van der Waals surface area contributed by atoms with Crippen molar-refractivity contribution in [1.82, 2.24) is 10.6 Å². The summed E-state index contributed by atoms with van der Waals surface area (Å²) in [6.07, 6.45) is 4.43. The highest BCUT2D eigenvalue weighted by atomic mass is 32.1. The molecular weight excluding hydrogens is 268 g/mol. The molecule has 1 aromatic carbocycles. The molecule has 2 aromatic rings. The highest BCUT2D eigenvalue weighted by Gasteiger charge is 2.22. The topological polar surface area (TPSA) is 41.1 Å². The van der Waals surface area contributed by atoms with Crippen LogP contribution in [-0.2, 0) is 0 Å². The van der Waals surface area contributed by atoms with Gasteiger partial charge in [-0.3, -0.25) is 4.79 Å². The van der Waals surface area contributed by atoms with E-state index >= 15 is 0 Å². The normalized spacial score (nSPS) is 22.9. The lowest BCUT2D eigenvalue weighted by atomic mass is 9.91. The number of rotatable bonds is 3. The summed E-state index contributed by atoms with van der Waals surface area (Å²) >= 11 is 1.64. The average molecular weight is 288 g/mol. The van der Waals surface area contributed by atoms with Crippen LogP contribution < -0.4 is 10.6 Å². The third kappa shape index (κ3) is 2.72. The van der Waals surface area contributed by atoms with E-state index in [4.69, 9.17) is 0 Å². The molecule has 20 heavy (non-hydrogen) atoms. The molecule has 0 unspecified atom stereocenters. The van der Waals surface area contributed by atoms with Gasteiger partial charge in [-0.25, -0.2) is 0 Å². The Hall–Kier alpha value is -1.39. The molecule has 0 atom stereocenters. The third-order valence-corrected chi connectivity index (χ3v) is 5.16. The smallest absolute Gasteiger partial charge is 0.252 e. The summed E-state index contributed by atoms with van der Waals surface area (Å²) < 4.78 is 1.18. The molecule has 4 heteroatoms. The summed E-state index contributed by atoms with van der Waals surface area (Å²) in [5.74, 6) is 0.0790. The zero-order chi connectivity index (χ0) is 13.9. The highest BCUT2D eigenvalue weighted by molar-refractivity contribution is 7.17. The second kappa shape index (κ2) is 5.94. The van der Waals surface area contributed by atoms with Gasteiger partial charge in [0.2, 0.25) is 0 Å². The van der Waals surface area contributed by atoms with Crippen molar-refractivity contribution < 1.29 is 4.79 Å². The number of carbonyl (C=O) groups is 1. The first kappa shape index (κ1) is 13.6. The lowest BCUT2D eigenvalue weighted by Crippen LogP contribution is -2.41. The average Bonchev–Trinajstić information content (AvgIpc) is 2.92. The summed E-state index contributed by atoms with van der Waals surface area (Å²) in [6, 6.07) is 9.03. The number of amides is 1. The Bertz CT molecular complexity index is 599. The Kier molecular flexibility index (Phi) is 4.03. The van der Waals surface area contributed by atoms with Crippen LogP contribution in [-0.4, -0.2) is 25.0 Å². The van der Waals surface area contributed by atoms with Gasteiger partial charge in [0.15, 0.2) is 0 Å². The second-order valence-electron chi connectivity index (χ2n) is 5.46. The van der Waals surface area contributed by atoms with Crippen molar-refractivity contribution in [2.75, 3.05) is 7.05 Å². The van der Waals surface area contributed by atoms with Gasteiger partial charge in [0.25, 0.3) is 5.91 Å². The molecule has 0 saturated heterocycles. The number of nitrogens with one attached hydrogen (secondary N) is 2. The van der Waals surface area contributed by atoms with E-state index in [1.807, 2.05) is 30.6 Å². The quantitative estimate of drug-likeness (QED) is 0.911. The van der Waals surface area contributed by atoms with Gasteiger partial charge in [0.1, 0.15) is 0 Å². The lowest BCUT2D eigenvalue weighted by Gasteiger charge is -2.28. The van der Waals surface area contributed by atoms with E-state index in [9.17, 15) is 4.79 Å². The Morgan fingerprint density at radius 2 is 1.85 bits per heavy atom. The molecule has 0 spiro atoms. The van der Waals surface area contributed by atoms with E-state index in [1.54, 1.807) is 11.3 Å². The van der Waals surface area contributed by atoms with Crippen LogP contribution >= 0.6 is 11.3 Å². The molecule has 1 saturated carbocycles. The zero-order valence-corrected chi connectivity index (χ0v) is 12.5. The summed E-state index contributed by atoms with van der Waals surface area (Å²) in [5.41, 5.74) is 0.821. The fourth-order valence-electron chi connectivity index (χ4n) is 2.94. The predicted octanol–water partition coefficient (Wildman–Crippen LogP) is 3.16. The molecule has 0 radical (unpaired) electrons. The maximum absolute atomic E-state index is 12.4. The molecule has 3 rings (SSSR count). The molecule has 1 heterocycles. The Balaban J connectivity index is 1.68. The van der Waals surface area contributed by atoms with Gasteiger partial charge < -0.3 is 10.6 Å². The maximum atomic E-state index is 12.4. The number of benzene rings is 1. The van der Waals surface area contributed by atoms with E-state index in [0.29, 0.717) is 12.1 Å². The van der Waals surface area contributed by atoms with Gasteiger partial charge in [0, 0.05) is 27.5 Å². The standard InChI is InChI=1S/C16H20N2OS/c1-17-11-6-8-12(9-7-11)18-16(19)14-10-20-15-5-3-2-4-13(14)15/h2-5,10-12,17H,6-9H2,1H3,(H,18,19). The number of fused-ring (bicyclic) bond motifs is 1. The Morgan fingerprint density at radius 3 is 2.60 bits per heavy atom. The van der Waals surface area contributed by atoms with Crippen molar-refractivity contribution in [1.29, 1.82) is 0 Å². The monoisotopic (exact) mass is 288 g/mol. The fraction of sp³-hybridized carbons (Fsp3) is 0.438. The van der Waals surface area contributed by atoms with Crippen molar-refractivity contribution in [2.24, 2.45) is 0 Å². The Labute approximate surface area is 123 Å². The summed E-state index contributed by atoms with van der Waals surface area (Å²) in [4.78, 5) is 12.4. The van der Waals surface area contributed by atoms with E-state index in [-0.39, 0.29) is 5.91 Å². The van der Waals surface area contributed by atoms with E-state index in [2.05, 4.69) is 16.7 Å². The van der Waals surface area contributed by atoms with Crippen molar-refractivity contribution >= 4 is 27.3 Å². The van der Waals surface area contributed by atoms with Crippen LogP contribution in [0.25, 0.3) is 10.1 Å². The first-order valence-corrected chi connectivity index (χ1v) is 8.10. The van der Waals surface area contributed by atoms with Crippen LogP contribution in [0.4, 0.5) is 0 Å². The first-order valence-electron chi connectivity index (χ1n) is 7.22. The minimum atomic E-state index is 0.0790. The van der Waals surface area contributed by atoms with Crippen molar-refractivity contribution in [3.63, 3.8) is 0 Å². The van der Waals surface area contributed by atoms with Crippen LogP contribution in [0.15, 0.2) is 29.6 Å². The van der Waals surface area contributed by atoms with Gasteiger partial charge in [-0.15, -0.1) is 11.3 Å². The van der Waals surface area contributed by atoms with Gasteiger partial charge in [-0.2, -0.15) is 0 Å². The minimum Gasteiger partial charge on any atom is -0.349 e. The maximum Gasteiger partial charge on any atom is 0.252 e. The molecule has 106 valence electrons. The number of thiophene rings is 1. The van der Waals surface area contributed by atoms with Crippen LogP contribution in [0, 0.1) is 0 Å². The molecule has 3 nitrogen and oxygen atoms in total. The van der Waals surface area contributed by atoms with Crippen molar-refractivity contribution in [3.05, 3.63) is 35.2 Å². The Morgan fingerprint density at radius 1 is 1.15 bits per heavy atom. The van der Waals surface area contributed by atoms with Gasteiger partial charge in [-0.05, 0) is 38.8 Å². The van der Waals surface area contributed by atoms with Crippen LogP contribution in [0.2, 0.25) is 0 Å². The molecule has 1 fully saturated rings. The van der Waals surface area contributed by atoms with Crippen molar-refractivity contribution in [3.8, 4) is 0 Å². The van der Waals surface area contributed by atoms with Gasteiger partial charge >= 0.3 is 0 Å². The minimum absolute atomic E-state index is 0.0790. The third-order valence-electron chi connectivity index (χ3n) is 4.20. The molecule has 2 N–H and O–H groups in total. The number of carbonyl (C=O) groups excluding carboxylic acids is 1. The molecule has 1 amide bonds. The predicted molar refractivity (Wildman–Crippen MR) is 84.4 cm³/mol. The number of hydrogen-bond acceptors (Lipinski definition) is 3. The second-order valence-corrected chi connectivity index (χ2v) is 6.37. The summed E-state index contributed by atoms with van der Waals surface area (Å²) in [7, 11) is 2.01. The van der Waals surface area contributed by atoms with Crippen LogP contribution in [0.3, 0.4) is 0 Å². The summed E-state index contributed by atoms with van der Waals surface area (Å²) in [6.45, 7) is 0. The highest BCUT2D eigenvalue weighted by Crippen LogP contribution is 2.26. The first-order chi connectivity index (χ1) is 9.78. The largest absolute Gasteiger partial charge is 0.349 e. The summed E-state index contributed by atoms with van der Waals surface area (Å²) in [5, 5.41) is 9.56. The molecule has 1 aliphatic rings. The van der Waals surface area contributed by atoms with Crippen molar-refractivity contribution in [2.45, 2.75) is 37.8 Å². The van der Waals surface area contributed by atoms with Crippen LogP contribution in [0.1, 0.15) is 36.0 Å². The van der Waals surface area contributed by atoms with Gasteiger partial charge in [-0.1, -0.05) is 18.2 Å². The van der Waals surface area contributed by atoms with E-state index in [0.717, 1.165) is 36.6 Å². The van der Waals surface area contributed by atoms with E-state index in [1.165, 1.54) is 4.70 Å². The fourth-order valence-corrected chi connectivity index (χ4v) is 3.88. The van der Waals surface area contributed by atoms with E-state index < -0.39 is 0 Å². The van der Waals surface area contributed by atoms with Crippen LogP contribution in [0.5, 0.6) is 0 Å².